The minimum Gasteiger partial charge on any atom is -0.450 e. The predicted molar refractivity (Wildman–Crippen MR) is 51.5 cm³/mol. The second kappa shape index (κ2) is 5.60. The molecule has 1 saturated heterocycles. The van der Waals surface area contributed by atoms with E-state index in [0.29, 0.717) is 5.82 Å². The summed E-state index contributed by atoms with van der Waals surface area (Å²) in [5.74, 6) is 0.550. The van der Waals surface area contributed by atoms with Gasteiger partial charge in [-0.25, -0.2) is 0 Å². The van der Waals surface area contributed by atoms with E-state index in [1.54, 1.807) is 7.11 Å². The van der Waals surface area contributed by atoms with Crippen LogP contribution >= 0.6 is 0 Å². The molecule has 0 aromatic heterocycles. The van der Waals surface area contributed by atoms with Gasteiger partial charge in [0.1, 0.15) is 0 Å². The van der Waals surface area contributed by atoms with Gasteiger partial charge in [0.05, 0.1) is 0 Å². The molecule has 0 spiro atoms. The van der Waals surface area contributed by atoms with Crippen LogP contribution in [0.5, 0.6) is 0 Å². The number of rotatable bonds is 4. The van der Waals surface area contributed by atoms with Gasteiger partial charge in [-0.05, 0) is 18.6 Å². The molecule has 2 nitrogen and oxygen atoms in total. The van der Waals surface area contributed by atoms with E-state index in [2.05, 4.69) is 0 Å². The molecule has 0 amide bonds. The molecule has 12 heavy (non-hydrogen) atoms. The molecule has 1 aliphatic rings. The molecular formula is C9H19BO2. The predicted octanol–water partition coefficient (Wildman–Crippen LogP) is 1.95. The first-order valence-corrected chi connectivity index (χ1v) is 5.01. The lowest BCUT2D eigenvalue weighted by molar-refractivity contribution is 0.191. The Labute approximate surface area is 75.4 Å². The molecular weight excluding hydrogens is 151 g/mol. The summed E-state index contributed by atoms with van der Waals surface area (Å²) in [7, 11) is 1.73. The third-order valence-corrected chi connectivity index (χ3v) is 2.79. The lowest BCUT2D eigenvalue weighted by Crippen LogP contribution is -2.24. The van der Waals surface area contributed by atoms with Crippen molar-refractivity contribution in [3.8, 4) is 0 Å². The topological polar surface area (TPSA) is 29.5 Å². The second-order valence-corrected chi connectivity index (χ2v) is 3.75. The summed E-state index contributed by atoms with van der Waals surface area (Å²) in [6.45, 7) is 0.805. The van der Waals surface area contributed by atoms with Crippen LogP contribution in [0.4, 0.5) is 0 Å². The zero-order valence-electron chi connectivity index (χ0n) is 7.96. The lowest BCUT2D eigenvalue weighted by Gasteiger charge is -2.24. The zero-order valence-corrected chi connectivity index (χ0v) is 7.96. The van der Waals surface area contributed by atoms with Crippen molar-refractivity contribution in [1.29, 1.82) is 0 Å². The zero-order chi connectivity index (χ0) is 8.81. The number of ether oxygens (including phenoxy) is 1. The van der Waals surface area contributed by atoms with Crippen LogP contribution in [0.1, 0.15) is 32.1 Å². The quantitative estimate of drug-likeness (QED) is 0.516. The standard InChI is InChI=1S/C9H19BO2/c1-12-8-4-6-9-5-2-3-7-10(9)11/h9,11H,2-8H2,1H3. The molecule has 70 valence electrons. The highest BCUT2D eigenvalue weighted by atomic mass is 16.5. The highest BCUT2D eigenvalue weighted by Crippen LogP contribution is 2.31. The van der Waals surface area contributed by atoms with Gasteiger partial charge >= 0.3 is 0 Å². The van der Waals surface area contributed by atoms with Crippen LogP contribution in [0.25, 0.3) is 0 Å². The van der Waals surface area contributed by atoms with Crippen molar-refractivity contribution in [1.82, 2.24) is 0 Å². The Kier molecular flexibility index (Phi) is 4.70. The first kappa shape index (κ1) is 10.1. The fourth-order valence-corrected chi connectivity index (χ4v) is 2.01. The summed E-state index contributed by atoms with van der Waals surface area (Å²) in [5.41, 5.74) is 0. The molecule has 1 heterocycles. The van der Waals surface area contributed by atoms with Crippen molar-refractivity contribution >= 4 is 6.92 Å². The van der Waals surface area contributed by atoms with Gasteiger partial charge in [-0.1, -0.05) is 25.7 Å². The van der Waals surface area contributed by atoms with Crippen molar-refractivity contribution < 1.29 is 9.76 Å². The van der Waals surface area contributed by atoms with E-state index in [0.717, 1.165) is 25.8 Å². The number of methoxy groups -OCH3 is 1. The fraction of sp³-hybridized carbons (Fsp3) is 1.00. The third-order valence-electron chi connectivity index (χ3n) is 2.79. The Morgan fingerprint density at radius 1 is 1.50 bits per heavy atom. The number of hydrogen-bond acceptors (Lipinski definition) is 2. The van der Waals surface area contributed by atoms with Gasteiger partial charge in [-0.15, -0.1) is 0 Å². The maximum Gasteiger partial charge on any atom is 0.292 e. The van der Waals surface area contributed by atoms with E-state index >= 15 is 0 Å². The molecule has 1 aliphatic heterocycles. The van der Waals surface area contributed by atoms with Crippen molar-refractivity contribution in [2.45, 2.75) is 44.2 Å². The normalized spacial score (nSPS) is 24.5. The van der Waals surface area contributed by atoms with E-state index in [1.807, 2.05) is 0 Å². The lowest BCUT2D eigenvalue weighted by atomic mass is 9.48. The molecule has 0 aliphatic carbocycles. The molecule has 1 unspecified atom stereocenters. The van der Waals surface area contributed by atoms with Gasteiger partial charge in [0.2, 0.25) is 0 Å². The van der Waals surface area contributed by atoms with E-state index in [1.165, 1.54) is 19.3 Å². The summed E-state index contributed by atoms with van der Waals surface area (Å²) in [4.78, 5) is 0. The molecule has 1 fully saturated rings. The molecule has 1 atom stereocenters. The molecule has 0 saturated carbocycles. The van der Waals surface area contributed by atoms with Crippen molar-refractivity contribution in [3.05, 3.63) is 0 Å². The molecule has 0 bridgehead atoms. The molecule has 0 aromatic rings. The summed E-state index contributed by atoms with van der Waals surface area (Å²) >= 11 is 0. The average Bonchev–Trinajstić information content (AvgIpc) is 2.09. The Morgan fingerprint density at radius 2 is 2.33 bits per heavy atom. The monoisotopic (exact) mass is 170 g/mol. The number of hydrogen-bond donors (Lipinski definition) is 1. The Balaban J connectivity index is 2.11. The van der Waals surface area contributed by atoms with Crippen LogP contribution in [0.15, 0.2) is 0 Å². The van der Waals surface area contributed by atoms with E-state index in [9.17, 15) is 5.02 Å². The molecule has 0 aromatic carbocycles. The van der Waals surface area contributed by atoms with E-state index < -0.39 is 0 Å². The van der Waals surface area contributed by atoms with Crippen LogP contribution in [0.2, 0.25) is 12.1 Å². The molecule has 1 N–H and O–H groups in total. The van der Waals surface area contributed by atoms with E-state index in [4.69, 9.17) is 4.74 Å². The molecule has 3 heteroatoms. The van der Waals surface area contributed by atoms with Gasteiger partial charge in [0.15, 0.2) is 0 Å². The summed E-state index contributed by atoms with van der Waals surface area (Å²) < 4.78 is 4.99. The Bertz CT molecular complexity index is 119. The Hall–Kier alpha value is -0.0151. The maximum atomic E-state index is 9.63. The third kappa shape index (κ3) is 3.15. The molecule has 0 radical (unpaired) electrons. The SMILES string of the molecule is COCCCC1CCCCB1O. The van der Waals surface area contributed by atoms with Gasteiger partial charge < -0.3 is 9.76 Å². The van der Waals surface area contributed by atoms with E-state index in [-0.39, 0.29) is 6.92 Å². The van der Waals surface area contributed by atoms with Crippen LogP contribution in [-0.4, -0.2) is 25.7 Å². The Morgan fingerprint density at radius 3 is 3.00 bits per heavy atom. The van der Waals surface area contributed by atoms with Crippen LogP contribution in [-0.2, 0) is 4.74 Å². The fourth-order valence-electron chi connectivity index (χ4n) is 2.01. The summed E-state index contributed by atoms with van der Waals surface area (Å²) in [6.07, 6.45) is 6.96. The maximum absolute atomic E-state index is 9.63. The average molecular weight is 170 g/mol. The summed E-state index contributed by atoms with van der Waals surface area (Å²) in [5, 5.41) is 9.63. The van der Waals surface area contributed by atoms with Gasteiger partial charge in [-0.3, -0.25) is 0 Å². The largest absolute Gasteiger partial charge is 0.450 e. The van der Waals surface area contributed by atoms with Gasteiger partial charge in [0.25, 0.3) is 6.92 Å². The van der Waals surface area contributed by atoms with Crippen molar-refractivity contribution in [3.63, 3.8) is 0 Å². The minimum atomic E-state index is -0.0318. The van der Waals surface area contributed by atoms with Crippen LogP contribution in [0, 0.1) is 0 Å². The summed E-state index contributed by atoms with van der Waals surface area (Å²) in [6, 6.07) is 0. The van der Waals surface area contributed by atoms with Gasteiger partial charge in [-0.2, -0.15) is 0 Å². The first-order chi connectivity index (χ1) is 5.84. The van der Waals surface area contributed by atoms with Crippen molar-refractivity contribution in [2.75, 3.05) is 13.7 Å². The van der Waals surface area contributed by atoms with Crippen LogP contribution < -0.4 is 0 Å². The van der Waals surface area contributed by atoms with Gasteiger partial charge in [0, 0.05) is 13.7 Å². The highest BCUT2D eigenvalue weighted by Gasteiger charge is 2.26. The minimum absolute atomic E-state index is 0.0318. The second-order valence-electron chi connectivity index (χ2n) is 3.75. The molecule has 1 rings (SSSR count). The first-order valence-electron chi connectivity index (χ1n) is 5.01. The van der Waals surface area contributed by atoms with Crippen LogP contribution in [0.3, 0.4) is 0 Å². The smallest absolute Gasteiger partial charge is 0.292 e. The van der Waals surface area contributed by atoms with Crippen molar-refractivity contribution in [2.24, 2.45) is 0 Å². The highest BCUT2D eigenvalue weighted by molar-refractivity contribution is 6.52.